The van der Waals surface area contributed by atoms with Crippen molar-refractivity contribution in [2.75, 3.05) is 6.61 Å². The van der Waals surface area contributed by atoms with Crippen LogP contribution in [-0.4, -0.2) is 29.1 Å². The predicted octanol–water partition coefficient (Wildman–Crippen LogP) is 5.36. The number of benzene rings is 3. The Kier molecular flexibility index (Phi) is 6.00. The van der Waals surface area contributed by atoms with E-state index in [4.69, 9.17) is 4.74 Å². The fraction of sp³-hybridized carbons (Fsp3) is 0.172. The molecule has 5 rings (SSSR count). The van der Waals surface area contributed by atoms with Crippen LogP contribution in [0.4, 0.5) is 4.79 Å². The monoisotopic (exact) mass is 450 g/mol. The minimum absolute atomic E-state index is 0.0331. The van der Waals surface area contributed by atoms with Crippen LogP contribution < -0.4 is 5.32 Å². The maximum atomic E-state index is 13.3. The van der Waals surface area contributed by atoms with Crippen molar-refractivity contribution >= 4 is 11.9 Å². The number of nitrogens with one attached hydrogen (secondary N) is 1. The lowest BCUT2D eigenvalue weighted by atomic mass is 9.98. The molecule has 5 nitrogen and oxygen atoms in total. The first-order valence-electron chi connectivity index (χ1n) is 11.4. The van der Waals surface area contributed by atoms with Crippen LogP contribution in [0.15, 0.2) is 97.2 Å². The minimum atomic E-state index is -0.730. The van der Waals surface area contributed by atoms with Crippen LogP contribution in [0.5, 0.6) is 0 Å². The van der Waals surface area contributed by atoms with E-state index >= 15 is 0 Å². The van der Waals surface area contributed by atoms with E-state index in [2.05, 4.69) is 29.6 Å². The average Bonchev–Trinajstić information content (AvgIpc) is 3.43. The molecule has 0 fully saturated rings. The first-order valence-corrected chi connectivity index (χ1v) is 11.4. The molecule has 0 bridgehead atoms. The number of ketones is 1. The molecule has 3 aromatic carbocycles. The summed E-state index contributed by atoms with van der Waals surface area (Å²) >= 11 is 0. The van der Waals surface area contributed by atoms with Crippen LogP contribution in [0.3, 0.4) is 0 Å². The van der Waals surface area contributed by atoms with Gasteiger partial charge in [0.2, 0.25) is 5.78 Å². The fourth-order valence-electron chi connectivity index (χ4n) is 4.74. The Bertz CT molecular complexity index is 1280. The van der Waals surface area contributed by atoms with E-state index in [1.54, 1.807) is 10.6 Å². The van der Waals surface area contributed by atoms with E-state index in [1.165, 1.54) is 11.1 Å². The van der Waals surface area contributed by atoms with Gasteiger partial charge in [-0.25, -0.2) is 4.79 Å². The molecule has 5 heteroatoms. The van der Waals surface area contributed by atoms with Crippen LogP contribution in [0.1, 0.15) is 33.1 Å². The molecule has 0 radical (unpaired) electrons. The van der Waals surface area contributed by atoms with Crippen molar-refractivity contribution < 1.29 is 14.3 Å². The highest BCUT2D eigenvalue weighted by molar-refractivity contribution is 6.00. The van der Waals surface area contributed by atoms with Crippen LogP contribution in [0.2, 0.25) is 0 Å². The average molecular weight is 451 g/mol. The smallest absolute Gasteiger partial charge is 0.407 e. The van der Waals surface area contributed by atoms with Gasteiger partial charge in [-0.05, 0) is 39.9 Å². The number of carbonyl (C=O) groups excluding carboxylic acids is 2. The van der Waals surface area contributed by atoms with E-state index in [1.807, 2.05) is 73.9 Å². The summed E-state index contributed by atoms with van der Waals surface area (Å²) in [5.74, 6) is -0.181. The van der Waals surface area contributed by atoms with Gasteiger partial charge in [-0.15, -0.1) is 0 Å². The number of amides is 1. The number of rotatable bonds is 7. The van der Waals surface area contributed by atoms with Crippen LogP contribution >= 0.6 is 0 Å². The first-order chi connectivity index (χ1) is 16.6. The van der Waals surface area contributed by atoms with Crippen LogP contribution in [0, 0.1) is 0 Å². The van der Waals surface area contributed by atoms with Gasteiger partial charge in [0.15, 0.2) is 0 Å². The number of hydrogen-bond acceptors (Lipinski definition) is 3. The van der Waals surface area contributed by atoms with E-state index in [-0.39, 0.29) is 18.3 Å². The molecule has 0 aliphatic heterocycles. The maximum Gasteiger partial charge on any atom is 0.407 e. The molecule has 34 heavy (non-hydrogen) atoms. The summed E-state index contributed by atoms with van der Waals surface area (Å²) < 4.78 is 7.46. The van der Waals surface area contributed by atoms with Crippen molar-refractivity contribution in [3.05, 3.63) is 120 Å². The molecule has 4 aromatic rings. The fourth-order valence-corrected chi connectivity index (χ4v) is 4.74. The van der Waals surface area contributed by atoms with Gasteiger partial charge >= 0.3 is 6.09 Å². The van der Waals surface area contributed by atoms with Gasteiger partial charge < -0.3 is 14.6 Å². The zero-order chi connectivity index (χ0) is 23.5. The highest BCUT2D eigenvalue weighted by Crippen LogP contribution is 2.44. The zero-order valence-corrected chi connectivity index (χ0v) is 19.0. The lowest BCUT2D eigenvalue weighted by Crippen LogP contribution is -2.43. The summed E-state index contributed by atoms with van der Waals surface area (Å²) in [5, 5.41) is 2.83. The van der Waals surface area contributed by atoms with Crippen molar-refractivity contribution in [2.45, 2.75) is 18.4 Å². The minimum Gasteiger partial charge on any atom is -0.449 e. The van der Waals surface area contributed by atoms with Crippen molar-refractivity contribution in [1.82, 2.24) is 9.88 Å². The van der Waals surface area contributed by atoms with Crippen molar-refractivity contribution in [2.24, 2.45) is 7.05 Å². The number of Topliss-reactive ketones (excluding diaryl/α,β-unsaturated/α-hetero) is 1. The Hall–Kier alpha value is -4.12. The second-order valence-corrected chi connectivity index (χ2v) is 8.58. The molecule has 0 saturated carbocycles. The standard InChI is InChI=1S/C29H26N2O3/c1-31-17-9-16-27(31)28(32)26(18-20-10-3-2-4-11-20)30-29(33)34-19-25-23-14-7-5-12-21(23)22-13-6-8-15-24(22)25/h2-17,25-26H,18-19H2,1H3,(H,30,33)/t26-/m0/s1. The first kappa shape index (κ1) is 21.7. The molecule has 1 aromatic heterocycles. The molecule has 0 saturated heterocycles. The van der Waals surface area contributed by atoms with Crippen LogP contribution in [0.25, 0.3) is 11.1 Å². The van der Waals surface area contributed by atoms with Gasteiger partial charge in [0.25, 0.3) is 0 Å². The molecule has 1 heterocycles. The number of nitrogens with zero attached hydrogens (tertiary/aromatic N) is 1. The summed E-state index contributed by atoms with van der Waals surface area (Å²) in [5.41, 5.74) is 6.16. The third kappa shape index (κ3) is 4.25. The Balaban J connectivity index is 1.32. The molecule has 1 atom stereocenters. The molecule has 1 aliphatic carbocycles. The number of carbonyl (C=O) groups is 2. The number of aryl methyl sites for hydroxylation is 1. The van der Waals surface area contributed by atoms with E-state index in [0.717, 1.165) is 16.7 Å². The second kappa shape index (κ2) is 9.40. The van der Waals surface area contributed by atoms with Crippen molar-refractivity contribution in [3.8, 4) is 11.1 Å². The van der Waals surface area contributed by atoms with E-state index in [9.17, 15) is 9.59 Å². The highest BCUT2D eigenvalue weighted by atomic mass is 16.5. The molecule has 1 amide bonds. The number of aromatic nitrogens is 1. The molecular formula is C29H26N2O3. The van der Waals surface area contributed by atoms with E-state index < -0.39 is 12.1 Å². The number of hydrogen-bond donors (Lipinski definition) is 1. The van der Waals surface area contributed by atoms with Crippen LogP contribution in [-0.2, 0) is 18.2 Å². The molecule has 1 aliphatic rings. The zero-order valence-electron chi connectivity index (χ0n) is 19.0. The Labute approximate surface area is 199 Å². The van der Waals surface area contributed by atoms with Gasteiger partial charge in [0.1, 0.15) is 12.6 Å². The largest absolute Gasteiger partial charge is 0.449 e. The normalized spacial score (nSPS) is 13.1. The summed E-state index contributed by atoms with van der Waals surface area (Å²) in [6.07, 6.45) is 1.61. The quantitative estimate of drug-likeness (QED) is 0.386. The molecular weight excluding hydrogens is 424 g/mol. The Morgan fingerprint density at radius 3 is 2.09 bits per heavy atom. The SMILES string of the molecule is Cn1cccc1C(=O)[C@H](Cc1ccccc1)NC(=O)OCC1c2ccccc2-c2ccccc21. The second-order valence-electron chi connectivity index (χ2n) is 8.58. The third-order valence-corrected chi connectivity index (χ3v) is 6.43. The van der Waals surface area contributed by atoms with Crippen molar-refractivity contribution in [1.29, 1.82) is 0 Å². The molecule has 1 N–H and O–H groups in total. The summed E-state index contributed by atoms with van der Waals surface area (Å²) in [6.45, 7) is 0.205. The van der Waals surface area contributed by atoms with Gasteiger partial charge in [-0.2, -0.15) is 0 Å². The lowest BCUT2D eigenvalue weighted by Gasteiger charge is -2.20. The maximum absolute atomic E-state index is 13.3. The molecule has 0 unspecified atom stereocenters. The van der Waals surface area contributed by atoms with Gasteiger partial charge in [0, 0.05) is 25.6 Å². The van der Waals surface area contributed by atoms with Gasteiger partial charge in [0.05, 0.1) is 5.69 Å². The number of fused-ring (bicyclic) bond motifs is 3. The third-order valence-electron chi connectivity index (χ3n) is 6.43. The predicted molar refractivity (Wildman–Crippen MR) is 132 cm³/mol. The van der Waals surface area contributed by atoms with Gasteiger partial charge in [-0.3, -0.25) is 4.79 Å². The van der Waals surface area contributed by atoms with E-state index in [0.29, 0.717) is 12.1 Å². The Morgan fingerprint density at radius 1 is 0.853 bits per heavy atom. The Morgan fingerprint density at radius 2 is 1.47 bits per heavy atom. The number of ether oxygens (including phenoxy) is 1. The summed E-state index contributed by atoms with van der Waals surface area (Å²) in [4.78, 5) is 26.2. The topological polar surface area (TPSA) is 60.3 Å². The highest BCUT2D eigenvalue weighted by Gasteiger charge is 2.30. The number of alkyl carbamates (subject to hydrolysis) is 1. The summed E-state index contributed by atoms with van der Waals surface area (Å²) in [6, 6.07) is 28.9. The van der Waals surface area contributed by atoms with Gasteiger partial charge in [-0.1, -0.05) is 78.9 Å². The lowest BCUT2D eigenvalue weighted by molar-refractivity contribution is 0.0911. The van der Waals surface area contributed by atoms with Crippen molar-refractivity contribution in [3.63, 3.8) is 0 Å². The molecule has 0 spiro atoms. The molecule has 170 valence electrons. The summed E-state index contributed by atoms with van der Waals surface area (Å²) in [7, 11) is 1.82.